The highest BCUT2D eigenvalue weighted by Gasteiger charge is 2.17. The molecule has 132 valence electrons. The highest BCUT2D eigenvalue weighted by Crippen LogP contribution is 2.16. The lowest BCUT2D eigenvalue weighted by molar-refractivity contribution is -0.137. The van der Waals surface area contributed by atoms with E-state index in [0.29, 0.717) is 13.0 Å². The van der Waals surface area contributed by atoms with Crippen LogP contribution in [0.25, 0.3) is 0 Å². The summed E-state index contributed by atoms with van der Waals surface area (Å²) in [5.74, 6) is -0.257. The van der Waals surface area contributed by atoms with Gasteiger partial charge in [-0.05, 0) is 29.7 Å². The van der Waals surface area contributed by atoms with Crippen molar-refractivity contribution in [1.82, 2.24) is 5.32 Å². The number of rotatable bonds is 8. The number of carboxylic acid groups (broad SMARTS) is 1. The predicted molar refractivity (Wildman–Crippen MR) is 92.5 cm³/mol. The normalized spacial score (nSPS) is 11.4. The molecular formula is C19H21NO5. The maximum Gasteiger partial charge on any atom is 0.407 e. The van der Waals surface area contributed by atoms with Crippen LogP contribution in [-0.4, -0.2) is 30.3 Å². The Kier molecular flexibility index (Phi) is 6.83. The molecule has 0 radical (unpaired) electrons. The van der Waals surface area contributed by atoms with Crippen LogP contribution in [0.5, 0.6) is 5.75 Å². The summed E-state index contributed by atoms with van der Waals surface area (Å²) in [6.45, 7) is 0.478. The number of hydrogen-bond donors (Lipinski definition) is 2. The topological polar surface area (TPSA) is 84.9 Å². The van der Waals surface area contributed by atoms with Gasteiger partial charge in [-0.2, -0.15) is 0 Å². The molecule has 1 atom stereocenters. The van der Waals surface area contributed by atoms with E-state index in [4.69, 9.17) is 9.84 Å². The molecule has 2 aromatic rings. The van der Waals surface area contributed by atoms with Gasteiger partial charge in [0.2, 0.25) is 0 Å². The standard InChI is InChI=1S/C19H21NO5/c1-24-19(23)20-16(12-18(21)22)11-14-7-9-17(10-8-14)25-13-15-5-3-2-4-6-15/h2-10,16H,11-13H2,1H3,(H,20,23)(H,21,22)/t16-/m0/s1. The minimum Gasteiger partial charge on any atom is -0.489 e. The van der Waals surface area contributed by atoms with Gasteiger partial charge in [0.05, 0.1) is 13.5 Å². The summed E-state index contributed by atoms with van der Waals surface area (Å²) >= 11 is 0. The Hall–Kier alpha value is -3.02. The molecule has 0 fully saturated rings. The first kappa shape index (κ1) is 18.3. The molecule has 0 saturated carbocycles. The highest BCUT2D eigenvalue weighted by molar-refractivity contribution is 5.71. The van der Waals surface area contributed by atoms with E-state index < -0.39 is 18.1 Å². The largest absolute Gasteiger partial charge is 0.489 e. The van der Waals surface area contributed by atoms with Crippen LogP contribution in [0.3, 0.4) is 0 Å². The number of carbonyl (C=O) groups is 2. The first-order valence-corrected chi connectivity index (χ1v) is 7.88. The minimum atomic E-state index is -0.982. The zero-order valence-corrected chi connectivity index (χ0v) is 14.0. The van der Waals surface area contributed by atoms with Crippen molar-refractivity contribution < 1.29 is 24.2 Å². The second-order valence-electron chi connectivity index (χ2n) is 5.55. The number of benzene rings is 2. The third-order valence-electron chi connectivity index (χ3n) is 3.58. The Bertz CT molecular complexity index is 685. The summed E-state index contributed by atoms with van der Waals surface area (Å²) in [5, 5.41) is 11.5. The lowest BCUT2D eigenvalue weighted by atomic mass is 10.0. The first-order valence-electron chi connectivity index (χ1n) is 7.88. The van der Waals surface area contributed by atoms with Crippen LogP contribution in [0.2, 0.25) is 0 Å². The Labute approximate surface area is 146 Å². The summed E-state index contributed by atoms with van der Waals surface area (Å²) < 4.78 is 10.2. The van der Waals surface area contributed by atoms with Crippen LogP contribution in [0, 0.1) is 0 Å². The number of nitrogens with one attached hydrogen (secondary N) is 1. The van der Waals surface area contributed by atoms with E-state index in [2.05, 4.69) is 10.1 Å². The van der Waals surface area contributed by atoms with E-state index in [1.807, 2.05) is 54.6 Å². The second-order valence-corrected chi connectivity index (χ2v) is 5.55. The molecule has 0 aliphatic rings. The number of carbonyl (C=O) groups excluding carboxylic acids is 1. The third-order valence-corrected chi connectivity index (χ3v) is 3.58. The molecule has 0 aliphatic carbocycles. The van der Waals surface area contributed by atoms with Gasteiger partial charge in [-0.3, -0.25) is 4.79 Å². The molecule has 0 saturated heterocycles. The smallest absolute Gasteiger partial charge is 0.407 e. The average molecular weight is 343 g/mol. The fourth-order valence-corrected chi connectivity index (χ4v) is 2.36. The zero-order valence-electron chi connectivity index (χ0n) is 14.0. The molecule has 6 heteroatoms. The second kappa shape index (κ2) is 9.32. The van der Waals surface area contributed by atoms with Crippen LogP contribution in [0.1, 0.15) is 17.5 Å². The number of aliphatic carboxylic acids is 1. The number of carboxylic acids is 1. The van der Waals surface area contributed by atoms with E-state index >= 15 is 0 Å². The van der Waals surface area contributed by atoms with Gasteiger partial charge in [0.25, 0.3) is 0 Å². The molecule has 25 heavy (non-hydrogen) atoms. The Balaban J connectivity index is 1.92. The summed E-state index contributed by atoms with van der Waals surface area (Å²) in [4.78, 5) is 22.3. The summed E-state index contributed by atoms with van der Waals surface area (Å²) in [6, 6.07) is 16.7. The molecule has 1 amide bonds. The van der Waals surface area contributed by atoms with Crippen LogP contribution in [-0.2, 0) is 22.6 Å². The van der Waals surface area contributed by atoms with Crippen LogP contribution in [0.4, 0.5) is 4.79 Å². The summed E-state index contributed by atoms with van der Waals surface area (Å²) in [6.07, 6.45) is -0.434. The molecule has 0 unspecified atom stereocenters. The maximum absolute atomic E-state index is 11.3. The number of methoxy groups -OCH3 is 1. The number of alkyl carbamates (subject to hydrolysis) is 1. The van der Waals surface area contributed by atoms with Crippen LogP contribution >= 0.6 is 0 Å². The van der Waals surface area contributed by atoms with Gasteiger partial charge in [0, 0.05) is 6.04 Å². The summed E-state index contributed by atoms with van der Waals surface area (Å²) in [7, 11) is 1.24. The number of ether oxygens (including phenoxy) is 2. The monoisotopic (exact) mass is 343 g/mol. The van der Waals surface area contributed by atoms with Gasteiger partial charge < -0.3 is 19.9 Å². The SMILES string of the molecule is COC(=O)N[C@H](CC(=O)O)Cc1ccc(OCc2ccccc2)cc1. The lowest BCUT2D eigenvalue weighted by Gasteiger charge is -2.16. The molecule has 6 nitrogen and oxygen atoms in total. The van der Waals surface area contributed by atoms with Gasteiger partial charge in [-0.25, -0.2) is 4.79 Å². The van der Waals surface area contributed by atoms with Crippen molar-refractivity contribution >= 4 is 12.1 Å². The fraction of sp³-hybridized carbons (Fsp3) is 0.263. The lowest BCUT2D eigenvalue weighted by Crippen LogP contribution is -2.37. The summed E-state index contributed by atoms with van der Waals surface area (Å²) in [5.41, 5.74) is 1.98. The molecule has 0 aromatic heterocycles. The van der Waals surface area contributed by atoms with Crippen molar-refractivity contribution in [3.8, 4) is 5.75 Å². The van der Waals surface area contributed by atoms with E-state index in [-0.39, 0.29) is 6.42 Å². The van der Waals surface area contributed by atoms with Crippen molar-refractivity contribution in [2.45, 2.75) is 25.5 Å². The van der Waals surface area contributed by atoms with E-state index in [0.717, 1.165) is 16.9 Å². The van der Waals surface area contributed by atoms with E-state index in [9.17, 15) is 9.59 Å². The first-order chi connectivity index (χ1) is 12.1. The predicted octanol–water partition coefficient (Wildman–Crippen LogP) is 3.01. The molecule has 0 heterocycles. The van der Waals surface area contributed by atoms with Gasteiger partial charge in [-0.1, -0.05) is 42.5 Å². The molecule has 2 aromatic carbocycles. The molecule has 2 rings (SSSR count). The quantitative estimate of drug-likeness (QED) is 0.770. The van der Waals surface area contributed by atoms with E-state index in [1.54, 1.807) is 0 Å². The van der Waals surface area contributed by atoms with Gasteiger partial charge in [0.1, 0.15) is 12.4 Å². The van der Waals surface area contributed by atoms with Crippen LogP contribution < -0.4 is 10.1 Å². The minimum absolute atomic E-state index is 0.179. The average Bonchev–Trinajstić information content (AvgIpc) is 2.61. The van der Waals surface area contributed by atoms with Crippen LogP contribution in [0.15, 0.2) is 54.6 Å². The van der Waals surface area contributed by atoms with Crippen molar-refractivity contribution in [2.24, 2.45) is 0 Å². The Morgan fingerprint density at radius 1 is 1.04 bits per heavy atom. The fourth-order valence-electron chi connectivity index (χ4n) is 2.36. The molecule has 0 spiro atoms. The van der Waals surface area contributed by atoms with Gasteiger partial charge in [0.15, 0.2) is 0 Å². The number of amides is 1. The van der Waals surface area contributed by atoms with Gasteiger partial charge >= 0.3 is 12.1 Å². The van der Waals surface area contributed by atoms with E-state index in [1.165, 1.54) is 7.11 Å². The Morgan fingerprint density at radius 3 is 2.32 bits per heavy atom. The number of hydrogen-bond acceptors (Lipinski definition) is 4. The molecule has 0 bridgehead atoms. The molecule has 0 aliphatic heterocycles. The van der Waals surface area contributed by atoms with Crippen molar-refractivity contribution in [3.63, 3.8) is 0 Å². The third kappa shape index (κ3) is 6.55. The molecular weight excluding hydrogens is 322 g/mol. The molecule has 2 N–H and O–H groups in total. The highest BCUT2D eigenvalue weighted by atomic mass is 16.5. The van der Waals surface area contributed by atoms with Crippen molar-refractivity contribution in [3.05, 3.63) is 65.7 Å². The van der Waals surface area contributed by atoms with Crippen molar-refractivity contribution in [2.75, 3.05) is 7.11 Å². The van der Waals surface area contributed by atoms with Crippen molar-refractivity contribution in [1.29, 1.82) is 0 Å². The Morgan fingerprint density at radius 2 is 1.72 bits per heavy atom. The zero-order chi connectivity index (χ0) is 18.1. The maximum atomic E-state index is 11.3. The van der Waals surface area contributed by atoms with Gasteiger partial charge in [-0.15, -0.1) is 0 Å².